The fourth-order valence-electron chi connectivity index (χ4n) is 1.62. The van der Waals surface area contributed by atoms with Crippen molar-refractivity contribution in [1.29, 1.82) is 0 Å². The molecule has 0 amide bonds. The summed E-state index contributed by atoms with van der Waals surface area (Å²) in [6, 6.07) is 6.76. The van der Waals surface area contributed by atoms with E-state index < -0.39 is 10.7 Å². The van der Waals surface area contributed by atoms with Crippen LogP contribution in [0.1, 0.15) is 5.76 Å². The summed E-state index contributed by atoms with van der Waals surface area (Å²) >= 11 is 0. The molecular weight excluding hydrogens is 239 g/mol. The van der Waals surface area contributed by atoms with Crippen LogP contribution in [0.3, 0.4) is 0 Å². The number of benzene rings is 1. The molecule has 0 saturated heterocycles. The number of nitro groups is 1. The Labute approximate surface area is 102 Å². The van der Waals surface area contributed by atoms with E-state index in [0.717, 1.165) is 6.07 Å². The summed E-state index contributed by atoms with van der Waals surface area (Å²) in [6.45, 7) is 0.539. The molecule has 0 bridgehead atoms. The van der Waals surface area contributed by atoms with Gasteiger partial charge in [0, 0.05) is 11.6 Å². The molecule has 18 heavy (non-hydrogen) atoms. The van der Waals surface area contributed by atoms with Gasteiger partial charge >= 0.3 is 0 Å². The minimum Gasteiger partial charge on any atom is -0.460 e. The summed E-state index contributed by atoms with van der Waals surface area (Å²) in [7, 11) is 1.77. The molecule has 0 unspecified atom stereocenters. The predicted molar refractivity (Wildman–Crippen MR) is 63.5 cm³/mol. The molecule has 94 valence electrons. The molecule has 0 aliphatic rings. The first kappa shape index (κ1) is 12.3. The van der Waals surface area contributed by atoms with Crippen LogP contribution in [0.5, 0.6) is 0 Å². The maximum absolute atomic E-state index is 13.3. The highest BCUT2D eigenvalue weighted by Crippen LogP contribution is 2.27. The van der Waals surface area contributed by atoms with Gasteiger partial charge in [0.2, 0.25) is 0 Å². The molecule has 1 aromatic heterocycles. The zero-order valence-electron chi connectivity index (χ0n) is 9.64. The van der Waals surface area contributed by atoms with Gasteiger partial charge in [0.05, 0.1) is 17.5 Å². The molecule has 2 rings (SSSR count). The van der Waals surface area contributed by atoms with Crippen LogP contribution in [0.15, 0.2) is 34.7 Å². The van der Waals surface area contributed by atoms with E-state index in [0.29, 0.717) is 23.6 Å². The van der Waals surface area contributed by atoms with Crippen LogP contribution >= 0.6 is 0 Å². The number of furan rings is 1. The highest BCUT2D eigenvalue weighted by molar-refractivity contribution is 5.61. The van der Waals surface area contributed by atoms with Gasteiger partial charge in [-0.3, -0.25) is 10.1 Å². The minimum absolute atomic E-state index is 0.295. The zero-order chi connectivity index (χ0) is 13.1. The molecule has 0 radical (unpaired) electrons. The van der Waals surface area contributed by atoms with Gasteiger partial charge in [0.1, 0.15) is 17.3 Å². The zero-order valence-corrected chi connectivity index (χ0v) is 9.64. The number of halogens is 1. The van der Waals surface area contributed by atoms with Gasteiger partial charge < -0.3 is 9.73 Å². The number of nitrogens with one attached hydrogen (secondary N) is 1. The number of rotatable bonds is 4. The summed E-state index contributed by atoms with van der Waals surface area (Å²) < 4.78 is 18.7. The molecular formula is C12H11FN2O3. The Morgan fingerprint density at radius 2 is 2.17 bits per heavy atom. The monoisotopic (exact) mass is 250 g/mol. The summed E-state index contributed by atoms with van der Waals surface area (Å²) in [6.07, 6.45) is 0. The lowest BCUT2D eigenvalue weighted by molar-refractivity contribution is -0.385. The topological polar surface area (TPSA) is 68.3 Å². The molecule has 0 aliphatic heterocycles. The number of non-ortho nitro benzene ring substituents is 1. The van der Waals surface area contributed by atoms with Gasteiger partial charge in [0.25, 0.3) is 5.69 Å². The van der Waals surface area contributed by atoms with Crippen molar-refractivity contribution in [3.8, 4) is 11.3 Å². The first-order chi connectivity index (χ1) is 8.60. The highest BCUT2D eigenvalue weighted by atomic mass is 19.1. The Bertz CT molecular complexity index is 580. The fraction of sp³-hybridized carbons (Fsp3) is 0.167. The van der Waals surface area contributed by atoms with Gasteiger partial charge in [-0.25, -0.2) is 4.39 Å². The number of nitrogens with zero attached hydrogens (tertiary/aromatic N) is 1. The quantitative estimate of drug-likeness (QED) is 0.669. The Morgan fingerprint density at radius 1 is 1.39 bits per heavy atom. The summed E-state index contributed by atoms with van der Waals surface area (Å²) in [5, 5.41) is 13.6. The van der Waals surface area contributed by atoms with E-state index in [1.165, 1.54) is 12.1 Å². The van der Waals surface area contributed by atoms with E-state index in [1.807, 2.05) is 0 Å². The van der Waals surface area contributed by atoms with Gasteiger partial charge in [-0.1, -0.05) is 0 Å². The van der Waals surface area contributed by atoms with Crippen LogP contribution in [-0.2, 0) is 6.54 Å². The number of hydrogen-bond acceptors (Lipinski definition) is 4. The molecule has 1 N–H and O–H groups in total. The Hall–Kier alpha value is -2.21. The van der Waals surface area contributed by atoms with E-state index in [4.69, 9.17) is 4.42 Å². The molecule has 5 nitrogen and oxygen atoms in total. The maximum Gasteiger partial charge on any atom is 0.273 e. The average molecular weight is 250 g/mol. The van der Waals surface area contributed by atoms with Crippen molar-refractivity contribution in [2.45, 2.75) is 6.54 Å². The fourth-order valence-corrected chi connectivity index (χ4v) is 1.62. The van der Waals surface area contributed by atoms with Crippen molar-refractivity contribution >= 4 is 5.69 Å². The van der Waals surface area contributed by atoms with Crippen molar-refractivity contribution < 1.29 is 13.7 Å². The highest BCUT2D eigenvalue weighted by Gasteiger charge is 2.13. The van der Waals surface area contributed by atoms with E-state index in [-0.39, 0.29) is 5.69 Å². The summed E-state index contributed by atoms with van der Waals surface area (Å²) in [5.41, 5.74) is 0.0561. The molecule has 0 saturated carbocycles. The predicted octanol–water partition coefficient (Wildman–Crippen LogP) is 2.71. The molecule has 1 heterocycles. The third kappa shape index (κ3) is 2.54. The molecule has 0 aliphatic carbocycles. The molecule has 0 fully saturated rings. The number of hydrogen-bond donors (Lipinski definition) is 1. The smallest absolute Gasteiger partial charge is 0.273 e. The van der Waals surface area contributed by atoms with Crippen LogP contribution in [0.25, 0.3) is 11.3 Å². The van der Waals surface area contributed by atoms with Crippen molar-refractivity contribution in [1.82, 2.24) is 5.32 Å². The van der Waals surface area contributed by atoms with Gasteiger partial charge in [-0.2, -0.15) is 0 Å². The Kier molecular flexibility index (Phi) is 3.38. The first-order valence-corrected chi connectivity index (χ1v) is 5.29. The van der Waals surface area contributed by atoms with Crippen LogP contribution in [-0.4, -0.2) is 12.0 Å². The molecule has 0 atom stereocenters. The van der Waals surface area contributed by atoms with E-state index in [2.05, 4.69) is 5.32 Å². The van der Waals surface area contributed by atoms with E-state index >= 15 is 0 Å². The summed E-state index contributed by atoms with van der Waals surface area (Å²) in [4.78, 5) is 10.0. The van der Waals surface area contributed by atoms with Crippen molar-refractivity contribution in [3.63, 3.8) is 0 Å². The average Bonchev–Trinajstić information content (AvgIpc) is 2.77. The van der Waals surface area contributed by atoms with Crippen LogP contribution in [0, 0.1) is 15.9 Å². The standard InChI is InChI=1S/C12H11FN2O3/c1-14-7-11-2-3-12(18-11)8-4-9(13)6-10(5-8)15(16)17/h2-6,14H,7H2,1H3. The maximum atomic E-state index is 13.3. The third-order valence-corrected chi connectivity index (χ3v) is 2.39. The van der Waals surface area contributed by atoms with Crippen molar-refractivity contribution in [3.05, 3.63) is 52.0 Å². The van der Waals surface area contributed by atoms with Gasteiger partial charge in [-0.15, -0.1) is 0 Å². The lowest BCUT2D eigenvalue weighted by atomic mass is 10.1. The molecule has 1 aromatic carbocycles. The second kappa shape index (κ2) is 4.97. The SMILES string of the molecule is CNCc1ccc(-c2cc(F)cc([N+](=O)[O-])c2)o1. The molecule has 6 heteroatoms. The van der Waals surface area contributed by atoms with E-state index in [1.54, 1.807) is 19.2 Å². The van der Waals surface area contributed by atoms with Crippen molar-refractivity contribution in [2.75, 3.05) is 7.05 Å². The first-order valence-electron chi connectivity index (χ1n) is 5.29. The third-order valence-electron chi connectivity index (χ3n) is 2.39. The minimum atomic E-state index is -0.661. The Morgan fingerprint density at radius 3 is 2.83 bits per heavy atom. The van der Waals surface area contributed by atoms with E-state index in [9.17, 15) is 14.5 Å². The second-order valence-corrected chi connectivity index (χ2v) is 3.75. The molecule has 0 spiro atoms. The largest absolute Gasteiger partial charge is 0.460 e. The van der Waals surface area contributed by atoms with Gasteiger partial charge in [-0.05, 0) is 25.2 Å². The molecule has 2 aromatic rings. The number of nitro benzene ring substituents is 1. The normalized spacial score (nSPS) is 10.6. The van der Waals surface area contributed by atoms with Gasteiger partial charge in [0.15, 0.2) is 0 Å². The van der Waals surface area contributed by atoms with Crippen LogP contribution in [0.2, 0.25) is 0 Å². The second-order valence-electron chi connectivity index (χ2n) is 3.75. The van der Waals surface area contributed by atoms with Crippen LogP contribution < -0.4 is 5.32 Å². The van der Waals surface area contributed by atoms with Crippen molar-refractivity contribution in [2.24, 2.45) is 0 Å². The lowest BCUT2D eigenvalue weighted by Crippen LogP contribution is -2.03. The van der Waals surface area contributed by atoms with Crippen LogP contribution in [0.4, 0.5) is 10.1 Å². The lowest BCUT2D eigenvalue weighted by Gasteiger charge is -1.99. The Balaban J connectivity index is 2.39. The summed E-state index contributed by atoms with van der Waals surface area (Å²) in [5.74, 6) is 0.424.